The van der Waals surface area contributed by atoms with Gasteiger partial charge >= 0.3 is 0 Å². The fourth-order valence-electron chi connectivity index (χ4n) is 0.357. The Balaban J connectivity index is 4.47. The second-order valence-corrected chi connectivity index (χ2v) is 2.36. The Labute approximate surface area is 61.5 Å². The van der Waals surface area contributed by atoms with Crippen molar-refractivity contribution < 1.29 is 0 Å². The van der Waals surface area contributed by atoms with E-state index in [2.05, 4.69) is 13.2 Å². The zero-order valence-corrected chi connectivity index (χ0v) is 6.63. The monoisotopic (exact) mass is 142 g/mol. The van der Waals surface area contributed by atoms with Gasteiger partial charge in [-0.15, -0.1) is 0 Å². The van der Waals surface area contributed by atoms with Crippen LogP contribution in [0.4, 0.5) is 0 Å². The zero-order valence-electron chi connectivity index (χ0n) is 5.87. The van der Waals surface area contributed by atoms with E-state index in [1.807, 2.05) is 13.8 Å². The molecule has 0 aliphatic heterocycles. The highest BCUT2D eigenvalue weighted by Crippen LogP contribution is 2.15. The molecule has 0 saturated carbocycles. The van der Waals surface area contributed by atoms with E-state index in [1.165, 1.54) is 0 Å². The Morgan fingerprint density at radius 1 is 1.44 bits per heavy atom. The molecule has 0 aromatic heterocycles. The van der Waals surface area contributed by atoms with Crippen molar-refractivity contribution in [2.24, 2.45) is 0 Å². The van der Waals surface area contributed by atoms with Gasteiger partial charge in [0.05, 0.1) is 0 Å². The van der Waals surface area contributed by atoms with Crippen LogP contribution in [0.2, 0.25) is 0 Å². The molecule has 50 valence electrons. The molecule has 0 aromatic carbocycles. The molecule has 0 nitrogen and oxygen atoms in total. The third-order valence-corrected chi connectivity index (χ3v) is 1.62. The quantitative estimate of drug-likeness (QED) is 0.520. The molecule has 0 radical (unpaired) electrons. The van der Waals surface area contributed by atoms with Gasteiger partial charge in [-0.1, -0.05) is 36.4 Å². The fraction of sp³-hybridized carbons (Fsp3) is 0.250. The summed E-state index contributed by atoms with van der Waals surface area (Å²) in [5.74, 6) is 0. The summed E-state index contributed by atoms with van der Waals surface area (Å²) >= 11 is 5.71. The molecule has 0 unspecified atom stereocenters. The van der Waals surface area contributed by atoms with E-state index in [-0.39, 0.29) is 0 Å². The van der Waals surface area contributed by atoms with Gasteiger partial charge in [0.1, 0.15) is 0 Å². The maximum absolute atomic E-state index is 5.71. The van der Waals surface area contributed by atoms with Crippen LogP contribution in [0.25, 0.3) is 0 Å². The van der Waals surface area contributed by atoms with Crippen molar-refractivity contribution in [2.75, 3.05) is 0 Å². The molecule has 0 fully saturated rings. The van der Waals surface area contributed by atoms with E-state index in [1.54, 1.807) is 6.08 Å². The molecule has 0 amide bonds. The second kappa shape index (κ2) is 3.52. The van der Waals surface area contributed by atoms with Gasteiger partial charge in [0.2, 0.25) is 0 Å². The molecule has 0 heterocycles. The van der Waals surface area contributed by atoms with Crippen molar-refractivity contribution >= 4 is 11.6 Å². The summed E-state index contributed by atoms with van der Waals surface area (Å²) in [6, 6.07) is 0. The topological polar surface area (TPSA) is 0 Å². The van der Waals surface area contributed by atoms with E-state index in [0.29, 0.717) is 5.03 Å². The predicted molar refractivity (Wildman–Crippen MR) is 43.6 cm³/mol. The molecule has 0 atom stereocenters. The highest BCUT2D eigenvalue weighted by Gasteiger charge is 1.93. The summed E-state index contributed by atoms with van der Waals surface area (Å²) in [5, 5.41) is 0.683. The van der Waals surface area contributed by atoms with Crippen LogP contribution < -0.4 is 0 Å². The fourth-order valence-corrected chi connectivity index (χ4v) is 0.518. The van der Waals surface area contributed by atoms with Crippen LogP contribution in [0, 0.1) is 0 Å². The summed E-state index contributed by atoms with van der Waals surface area (Å²) in [5.41, 5.74) is 1.99. The lowest BCUT2D eigenvalue weighted by Gasteiger charge is -1.98. The summed E-state index contributed by atoms with van der Waals surface area (Å²) in [6.45, 7) is 11.1. The maximum atomic E-state index is 5.71. The average Bonchev–Trinajstić information content (AvgIpc) is 1.84. The highest BCUT2D eigenvalue weighted by atomic mass is 35.5. The zero-order chi connectivity index (χ0) is 7.44. The van der Waals surface area contributed by atoms with Crippen molar-refractivity contribution in [3.63, 3.8) is 0 Å². The van der Waals surface area contributed by atoms with Gasteiger partial charge in [0, 0.05) is 5.03 Å². The lowest BCUT2D eigenvalue weighted by molar-refractivity contribution is 1.35. The maximum Gasteiger partial charge on any atom is 0.0431 e. The van der Waals surface area contributed by atoms with Crippen LogP contribution in [0.5, 0.6) is 0 Å². The Kier molecular flexibility index (Phi) is 3.33. The number of halogens is 1. The Morgan fingerprint density at radius 2 is 1.89 bits per heavy atom. The highest BCUT2D eigenvalue weighted by molar-refractivity contribution is 6.31. The minimum atomic E-state index is 0.683. The van der Waals surface area contributed by atoms with Crippen LogP contribution in [0.1, 0.15) is 13.8 Å². The van der Waals surface area contributed by atoms with Gasteiger partial charge in [0.15, 0.2) is 0 Å². The van der Waals surface area contributed by atoms with E-state index in [4.69, 9.17) is 11.6 Å². The lowest BCUT2D eigenvalue weighted by Crippen LogP contribution is -1.77. The number of allylic oxidation sites excluding steroid dienone is 4. The molecule has 0 aromatic rings. The molecular weight excluding hydrogens is 132 g/mol. The molecule has 9 heavy (non-hydrogen) atoms. The van der Waals surface area contributed by atoms with Gasteiger partial charge < -0.3 is 0 Å². The van der Waals surface area contributed by atoms with Gasteiger partial charge in [-0.05, 0) is 19.4 Å². The third kappa shape index (κ3) is 2.52. The number of hydrogen-bond acceptors (Lipinski definition) is 0. The van der Waals surface area contributed by atoms with Crippen LogP contribution in [0.15, 0.2) is 35.4 Å². The van der Waals surface area contributed by atoms with Crippen molar-refractivity contribution in [1.82, 2.24) is 0 Å². The molecule has 0 aliphatic rings. The summed E-state index contributed by atoms with van der Waals surface area (Å²) < 4.78 is 0. The van der Waals surface area contributed by atoms with E-state index in [9.17, 15) is 0 Å². The molecule has 0 rings (SSSR count). The van der Waals surface area contributed by atoms with E-state index >= 15 is 0 Å². The van der Waals surface area contributed by atoms with Gasteiger partial charge in [-0.3, -0.25) is 0 Å². The minimum absolute atomic E-state index is 0.683. The molecule has 0 spiro atoms. The van der Waals surface area contributed by atoms with Crippen molar-refractivity contribution in [3.05, 3.63) is 35.4 Å². The first-order chi connectivity index (χ1) is 4.09. The van der Waals surface area contributed by atoms with Crippen LogP contribution in [-0.4, -0.2) is 0 Å². The van der Waals surface area contributed by atoms with Crippen molar-refractivity contribution in [2.45, 2.75) is 13.8 Å². The standard InChI is InChI=1S/C8H11Cl/c1-5-8(9)7(4)6(2)3/h5H,1-2H2,3-4H3/b8-7+. The second-order valence-electron chi connectivity index (χ2n) is 1.96. The SMILES string of the molecule is C=C/C(Cl)=C(/C)C(=C)C. The first-order valence-electron chi connectivity index (χ1n) is 2.74. The Bertz CT molecular complexity index is 163. The Hall–Kier alpha value is -0.490. The van der Waals surface area contributed by atoms with E-state index < -0.39 is 0 Å². The molecule has 1 heteroatoms. The molecule has 0 N–H and O–H groups in total. The molecular formula is C8H11Cl. The Morgan fingerprint density at radius 3 is 2.00 bits per heavy atom. The van der Waals surface area contributed by atoms with Crippen molar-refractivity contribution in [1.29, 1.82) is 0 Å². The van der Waals surface area contributed by atoms with E-state index in [0.717, 1.165) is 11.1 Å². The minimum Gasteiger partial charge on any atom is -0.0976 e. The predicted octanol–water partition coefficient (Wildman–Crippen LogP) is 3.26. The first-order valence-corrected chi connectivity index (χ1v) is 3.12. The largest absolute Gasteiger partial charge is 0.0976 e. The molecule has 0 bridgehead atoms. The van der Waals surface area contributed by atoms with Gasteiger partial charge in [-0.2, -0.15) is 0 Å². The van der Waals surface area contributed by atoms with Crippen LogP contribution in [0.3, 0.4) is 0 Å². The average molecular weight is 143 g/mol. The molecule has 0 saturated heterocycles. The smallest absolute Gasteiger partial charge is 0.0431 e. The summed E-state index contributed by atoms with van der Waals surface area (Å²) in [7, 11) is 0. The van der Waals surface area contributed by atoms with Gasteiger partial charge in [-0.25, -0.2) is 0 Å². The lowest BCUT2D eigenvalue weighted by atomic mass is 10.1. The summed E-state index contributed by atoms with van der Waals surface area (Å²) in [6.07, 6.45) is 1.62. The van der Waals surface area contributed by atoms with Crippen LogP contribution >= 0.6 is 11.6 Å². The molecule has 0 aliphatic carbocycles. The first kappa shape index (κ1) is 8.51. The van der Waals surface area contributed by atoms with Crippen molar-refractivity contribution in [3.8, 4) is 0 Å². The normalized spacial score (nSPS) is 12.3. The van der Waals surface area contributed by atoms with Crippen LogP contribution in [-0.2, 0) is 0 Å². The summed E-state index contributed by atoms with van der Waals surface area (Å²) in [4.78, 5) is 0. The number of hydrogen-bond donors (Lipinski definition) is 0. The third-order valence-electron chi connectivity index (χ3n) is 1.18. The van der Waals surface area contributed by atoms with Gasteiger partial charge in [0.25, 0.3) is 0 Å². The number of rotatable bonds is 2.